The molecule has 2 aliphatic rings. The average molecular weight is 535 g/mol. The van der Waals surface area contributed by atoms with Gasteiger partial charge in [-0.05, 0) is 83.1 Å². The van der Waals surface area contributed by atoms with Crippen LogP contribution in [0.5, 0.6) is 11.5 Å². The van der Waals surface area contributed by atoms with Gasteiger partial charge in [0.25, 0.3) is 0 Å². The van der Waals surface area contributed by atoms with Crippen LogP contribution in [0.3, 0.4) is 0 Å². The molecule has 0 bridgehead atoms. The Hall–Kier alpha value is -3.06. The van der Waals surface area contributed by atoms with Crippen LogP contribution in [0.1, 0.15) is 64.5 Å². The normalized spacial score (nSPS) is 21.6. The molecule has 2 heterocycles. The third-order valence-corrected chi connectivity index (χ3v) is 8.69. The van der Waals surface area contributed by atoms with Crippen molar-refractivity contribution >= 4 is 11.9 Å². The molecule has 0 spiro atoms. The minimum atomic E-state index is -0.560. The average Bonchev–Trinajstić information content (AvgIpc) is 2.94. The lowest BCUT2D eigenvalue weighted by Gasteiger charge is -2.56. The molecule has 2 fully saturated rings. The second-order valence-electron chi connectivity index (χ2n) is 11.4. The quantitative estimate of drug-likeness (QED) is 0.386. The Morgan fingerprint density at radius 2 is 1.69 bits per heavy atom. The van der Waals surface area contributed by atoms with E-state index < -0.39 is 5.41 Å². The zero-order valence-corrected chi connectivity index (χ0v) is 24.6. The molecule has 1 N–H and O–H groups in total. The van der Waals surface area contributed by atoms with Crippen LogP contribution < -0.4 is 9.47 Å². The van der Waals surface area contributed by atoms with Gasteiger partial charge in [0, 0.05) is 31.7 Å². The van der Waals surface area contributed by atoms with E-state index in [2.05, 4.69) is 61.8 Å². The summed E-state index contributed by atoms with van der Waals surface area (Å²) in [5, 5.41) is 9.72. The Morgan fingerprint density at radius 1 is 1.00 bits per heavy atom. The number of carbonyl (C=O) groups is 1. The van der Waals surface area contributed by atoms with Crippen LogP contribution in [-0.4, -0.2) is 78.5 Å². The molecule has 212 valence electrons. The Bertz CT molecular complexity index is 1130. The number of hydrogen-bond donors (Lipinski definition) is 1. The number of hydrogen-bond acceptors (Lipinski definition) is 5. The number of amidine groups is 1. The molecule has 2 amide bonds. The van der Waals surface area contributed by atoms with Crippen molar-refractivity contribution in [3.63, 3.8) is 0 Å². The van der Waals surface area contributed by atoms with E-state index in [1.54, 1.807) is 19.1 Å². The van der Waals surface area contributed by atoms with Crippen molar-refractivity contribution in [2.75, 3.05) is 33.9 Å². The van der Waals surface area contributed by atoms with Gasteiger partial charge in [-0.3, -0.25) is 15.2 Å². The lowest BCUT2D eigenvalue weighted by Crippen LogP contribution is -2.70. The summed E-state index contributed by atoms with van der Waals surface area (Å²) in [7, 11) is 3.26. The van der Waals surface area contributed by atoms with Crippen molar-refractivity contribution in [2.24, 2.45) is 0 Å². The van der Waals surface area contributed by atoms with Gasteiger partial charge >= 0.3 is 6.03 Å². The molecule has 0 saturated carbocycles. The summed E-state index contributed by atoms with van der Waals surface area (Å²) in [6, 6.07) is 17.2. The Morgan fingerprint density at radius 3 is 2.33 bits per heavy atom. The maximum absolute atomic E-state index is 13.9. The van der Waals surface area contributed by atoms with Crippen molar-refractivity contribution < 1.29 is 14.3 Å². The molecule has 2 aliphatic heterocycles. The van der Waals surface area contributed by atoms with Crippen molar-refractivity contribution in [2.45, 2.75) is 83.3 Å². The van der Waals surface area contributed by atoms with Crippen LogP contribution in [0, 0.1) is 5.41 Å². The second kappa shape index (κ2) is 12.4. The molecular formula is C32H46N4O3. The molecule has 2 aromatic rings. The van der Waals surface area contributed by atoms with Gasteiger partial charge in [-0.15, -0.1) is 0 Å². The minimum Gasteiger partial charge on any atom is -0.493 e. The fourth-order valence-electron chi connectivity index (χ4n) is 6.72. The van der Waals surface area contributed by atoms with Crippen molar-refractivity contribution in [1.82, 2.24) is 14.7 Å². The number of carbonyl (C=O) groups excluding carboxylic acids is 1. The molecule has 4 rings (SSSR count). The fourth-order valence-corrected chi connectivity index (χ4v) is 6.72. The Balaban J connectivity index is 1.72. The number of ether oxygens (including phenoxy) is 2. The van der Waals surface area contributed by atoms with E-state index in [0.717, 1.165) is 49.9 Å². The zero-order chi connectivity index (χ0) is 28.2. The summed E-state index contributed by atoms with van der Waals surface area (Å²) < 4.78 is 10.9. The van der Waals surface area contributed by atoms with E-state index in [9.17, 15) is 10.2 Å². The number of rotatable bonds is 11. The number of nitrogens with one attached hydrogen (secondary N) is 1. The van der Waals surface area contributed by atoms with Gasteiger partial charge in [0.05, 0.1) is 25.7 Å². The van der Waals surface area contributed by atoms with Crippen LogP contribution in [0.15, 0.2) is 48.5 Å². The summed E-state index contributed by atoms with van der Waals surface area (Å²) in [5.74, 6) is 1.80. The Kier molecular flexibility index (Phi) is 9.21. The number of urea groups is 1. The van der Waals surface area contributed by atoms with Gasteiger partial charge in [-0.25, -0.2) is 4.79 Å². The van der Waals surface area contributed by atoms with Crippen LogP contribution >= 0.6 is 0 Å². The smallest absolute Gasteiger partial charge is 0.325 e. The summed E-state index contributed by atoms with van der Waals surface area (Å²) in [5.41, 5.74) is 1.63. The van der Waals surface area contributed by atoms with Crippen LogP contribution in [0.2, 0.25) is 0 Å². The topological polar surface area (TPSA) is 69.1 Å². The minimum absolute atomic E-state index is 0.00726. The maximum atomic E-state index is 13.9. The summed E-state index contributed by atoms with van der Waals surface area (Å²) in [6.45, 7) is 11.0. The number of amides is 2. The second-order valence-corrected chi connectivity index (χ2v) is 11.4. The summed E-state index contributed by atoms with van der Waals surface area (Å²) in [6.07, 6.45) is 4.44. The molecule has 7 heteroatoms. The maximum Gasteiger partial charge on any atom is 0.325 e. The molecule has 2 aromatic carbocycles. The highest BCUT2D eigenvalue weighted by Crippen LogP contribution is 2.45. The number of piperidine rings is 1. The molecule has 0 aliphatic carbocycles. The number of methoxy groups -OCH3 is 2. The highest BCUT2D eigenvalue weighted by atomic mass is 16.5. The van der Waals surface area contributed by atoms with Crippen LogP contribution in [-0.2, 0) is 11.8 Å². The number of nitrogens with zero attached hydrogens (tertiary/aromatic N) is 3. The molecule has 2 atom stereocenters. The van der Waals surface area contributed by atoms with E-state index in [1.165, 1.54) is 0 Å². The molecule has 39 heavy (non-hydrogen) atoms. The molecule has 0 aromatic heterocycles. The van der Waals surface area contributed by atoms with E-state index in [4.69, 9.17) is 9.47 Å². The van der Waals surface area contributed by atoms with Gasteiger partial charge in [0.2, 0.25) is 0 Å². The molecule has 0 radical (unpaired) electrons. The first-order chi connectivity index (χ1) is 18.7. The molecule has 2 saturated heterocycles. The highest BCUT2D eigenvalue weighted by Gasteiger charge is 2.55. The van der Waals surface area contributed by atoms with Crippen molar-refractivity contribution in [3.8, 4) is 11.5 Å². The molecule has 0 unspecified atom stereocenters. The summed E-state index contributed by atoms with van der Waals surface area (Å²) in [4.78, 5) is 20.3. The van der Waals surface area contributed by atoms with E-state index in [0.29, 0.717) is 42.4 Å². The van der Waals surface area contributed by atoms with Gasteiger partial charge in [-0.2, -0.15) is 0 Å². The SMILES string of the molecule is COc1ccc(CCN2C(=N)[C@@](CCN(C(C)C)C(C)C)(c3ccccc3)[C@H]3CCCCN3C2=O)cc1OC. The third-order valence-electron chi connectivity index (χ3n) is 8.69. The molecule has 7 nitrogen and oxygen atoms in total. The largest absolute Gasteiger partial charge is 0.493 e. The lowest BCUT2D eigenvalue weighted by molar-refractivity contribution is 0.0690. The van der Waals surface area contributed by atoms with Gasteiger partial charge in [0.1, 0.15) is 5.84 Å². The first kappa shape index (κ1) is 28.9. The predicted molar refractivity (Wildman–Crippen MR) is 157 cm³/mol. The third kappa shape index (κ3) is 5.65. The van der Waals surface area contributed by atoms with Crippen molar-refractivity contribution in [3.05, 3.63) is 59.7 Å². The lowest BCUT2D eigenvalue weighted by atomic mass is 9.65. The monoisotopic (exact) mass is 534 g/mol. The number of fused-ring (bicyclic) bond motifs is 1. The van der Waals surface area contributed by atoms with E-state index >= 15 is 0 Å². The van der Waals surface area contributed by atoms with Gasteiger partial charge in [-0.1, -0.05) is 36.4 Å². The zero-order valence-electron chi connectivity index (χ0n) is 24.6. The fraction of sp³-hybridized carbons (Fsp3) is 0.562. The highest BCUT2D eigenvalue weighted by molar-refractivity contribution is 6.05. The number of benzene rings is 2. The van der Waals surface area contributed by atoms with Gasteiger partial charge in [0.15, 0.2) is 11.5 Å². The first-order valence-electron chi connectivity index (χ1n) is 14.4. The van der Waals surface area contributed by atoms with E-state index in [-0.39, 0.29) is 12.1 Å². The van der Waals surface area contributed by atoms with E-state index in [1.807, 2.05) is 24.3 Å². The van der Waals surface area contributed by atoms with Crippen LogP contribution in [0.4, 0.5) is 4.79 Å². The van der Waals surface area contributed by atoms with Crippen LogP contribution in [0.25, 0.3) is 0 Å². The standard InChI is InChI=1S/C32H46N4O3/c1-23(2)34(24(3)4)21-18-32(26-12-8-7-9-13-26)29-14-10-11-19-35(29)31(37)36(30(32)33)20-17-25-15-16-27(38-5)28(22-25)39-6/h7-9,12-13,15-16,22-24,29,33H,10-11,14,17-21H2,1-6H3/t29-,32+/m1/s1. The molecular weight excluding hydrogens is 488 g/mol. The first-order valence-corrected chi connectivity index (χ1v) is 14.4. The summed E-state index contributed by atoms with van der Waals surface area (Å²) >= 11 is 0. The predicted octanol–water partition coefficient (Wildman–Crippen LogP) is 5.96. The van der Waals surface area contributed by atoms with Gasteiger partial charge < -0.3 is 14.4 Å². The Labute approximate surface area is 234 Å². The van der Waals surface area contributed by atoms with Crippen molar-refractivity contribution in [1.29, 1.82) is 5.41 Å².